The van der Waals surface area contributed by atoms with Gasteiger partial charge in [0.1, 0.15) is 5.75 Å². The third kappa shape index (κ3) is 1.54. The van der Waals surface area contributed by atoms with E-state index in [4.69, 9.17) is 4.74 Å². The van der Waals surface area contributed by atoms with Gasteiger partial charge in [0, 0.05) is 0 Å². The maximum atomic E-state index is 10.9. The molecule has 0 amide bonds. The average molecular weight is 204 g/mol. The molecule has 0 aromatic heterocycles. The normalized spacial score (nSPS) is 17.3. The third-order valence-corrected chi connectivity index (χ3v) is 3.33. The summed E-state index contributed by atoms with van der Waals surface area (Å²) >= 11 is 0. The Hall–Kier alpha value is -1.31. The van der Waals surface area contributed by atoms with E-state index in [1.165, 1.54) is 11.1 Å². The van der Waals surface area contributed by atoms with E-state index in [0.29, 0.717) is 11.3 Å². The molecule has 0 unspecified atom stereocenters. The summed E-state index contributed by atoms with van der Waals surface area (Å²) in [6, 6.07) is 3.99. The summed E-state index contributed by atoms with van der Waals surface area (Å²) in [5, 5.41) is 0. The van der Waals surface area contributed by atoms with Gasteiger partial charge in [-0.15, -0.1) is 0 Å². The second-order valence-electron chi connectivity index (χ2n) is 4.75. The predicted molar refractivity (Wildman–Crippen MR) is 59.7 cm³/mol. The zero-order chi connectivity index (χ0) is 11.1. The number of carbonyl (C=O) groups excluding carboxylic acids is 1. The number of aldehydes is 1. The van der Waals surface area contributed by atoms with Crippen molar-refractivity contribution in [3.8, 4) is 5.75 Å². The first-order chi connectivity index (χ1) is 7.08. The largest absolute Gasteiger partial charge is 0.496 e. The summed E-state index contributed by atoms with van der Waals surface area (Å²) in [6.07, 6.45) is 3.10. The van der Waals surface area contributed by atoms with Crippen LogP contribution in [0.2, 0.25) is 0 Å². The molecule has 2 rings (SSSR count). The molecule has 0 heterocycles. The van der Waals surface area contributed by atoms with Crippen molar-refractivity contribution in [2.24, 2.45) is 0 Å². The zero-order valence-corrected chi connectivity index (χ0v) is 9.46. The SMILES string of the molecule is COc1cc2c(cc1C=O)C(C)(C)CC2. The van der Waals surface area contributed by atoms with E-state index in [-0.39, 0.29) is 5.41 Å². The Morgan fingerprint density at radius 2 is 2.13 bits per heavy atom. The zero-order valence-electron chi connectivity index (χ0n) is 9.46. The first-order valence-corrected chi connectivity index (χ1v) is 5.25. The number of methoxy groups -OCH3 is 1. The van der Waals surface area contributed by atoms with Gasteiger partial charge in [0.25, 0.3) is 0 Å². The van der Waals surface area contributed by atoms with Crippen molar-refractivity contribution >= 4 is 6.29 Å². The number of aryl methyl sites for hydroxylation is 1. The van der Waals surface area contributed by atoms with Crippen LogP contribution in [-0.4, -0.2) is 13.4 Å². The molecule has 0 saturated heterocycles. The Labute approximate surface area is 90.3 Å². The van der Waals surface area contributed by atoms with Gasteiger partial charge >= 0.3 is 0 Å². The Morgan fingerprint density at radius 3 is 2.73 bits per heavy atom. The van der Waals surface area contributed by atoms with Crippen LogP contribution >= 0.6 is 0 Å². The van der Waals surface area contributed by atoms with Gasteiger partial charge in [0.2, 0.25) is 0 Å². The molecule has 0 radical (unpaired) electrons. The number of ether oxygens (including phenoxy) is 1. The van der Waals surface area contributed by atoms with Crippen molar-refractivity contribution in [1.82, 2.24) is 0 Å². The van der Waals surface area contributed by atoms with E-state index in [1.807, 2.05) is 12.1 Å². The van der Waals surface area contributed by atoms with Gasteiger partial charge in [-0.25, -0.2) is 0 Å². The lowest BCUT2D eigenvalue weighted by molar-refractivity contribution is 0.112. The number of hydrogen-bond donors (Lipinski definition) is 0. The Bertz CT molecular complexity index is 405. The van der Waals surface area contributed by atoms with Gasteiger partial charge in [0.05, 0.1) is 12.7 Å². The highest BCUT2D eigenvalue weighted by Gasteiger charge is 2.30. The van der Waals surface area contributed by atoms with Crippen LogP contribution in [0, 0.1) is 0 Å². The summed E-state index contributed by atoms with van der Waals surface area (Å²) in [5.41, 5.74) is 3.47. The summed E-state index contributed by atoms with van der Waals surface area (Å²) in [4.78, 5) is 10.9. The van der Waals surface area contributed by atoms with Crippen LogP contribution in [0.3, 0.4) is 0 Å². The quantitative estimate of drug-likeness (QED) is 0.692. The molecule has 1 aliphatic carbocycles. The molecule has 0 fully saturated rings. The Kier molecular flexibility index (Phi) is 2.29. The van der Waals surface area contributed by atoms with Gasteiger partial charge in [-0.2, -0.15) is 0 Å². The molecule has 2 nitrogen and oxygen atoms in total. The summed E-state index contributed by atoms with van der Waals surface area (Å²) < 4.78 is 5.20. The maximum absolute atomic E-state index is 10.9. The number of fused-ring (bicyclic) bond motifs is 1. The number of benzene rings is 1. The van der Waals surface area contributed by atoms with Gasteiger partial charge in [-0.1, -0.05) is 13.8 Å². The van der Waals surface area contributed by atoms with Gasteiger partial charge in [0.15, 0.2) is 6.29 Å². The second kappa shape index (κ2) is 3.37. The second-order valence-corrected chi connectivity index (χ2v) is 4.75. The lowest BCUT2D eigenvalue weighted by Gasteiger charge is -2.19. The fraction of sp³-hybridized carbons (Fsp3) is 0.462. The van der Waals surface area contributed by atoms with Crippen LogP contribution in [0.15, 0.2) is 12.1 Å². The van der Waals surface area contributed by atoms with Crippen molar-refractivity contribution < 1.29 is 9.53 Å². The van der Waals surface area contributed by atoms with Crippen molar-refractivity contribution in [2.45, 2.75) is 32.1 Å². The minimum absolute atomic E-state index is 0.194. The molecule has 0 N–H and O–H groups in total. The molecule has 1 aliphatic rings. The van der Waals surface area contributed by atoms with Crippen molar-refractivity contribution in [3.05, 3.63) is 28.8 Å². The van der Waals surface area contributed by atoms with E-state index >= 15 is 0 Å². The average Bonchev–Trinajstić information content (AvgIpc) is 2.52. The molecule has 0 bridgehead atoms. The topological polar surface area (TPSA) is 26.3 Å². The van der Waals surface area contributed by atoms with Gasteiger partial charge < -0.3 is 4.74 Å². The molecular formula is C13H16O2. The highest BCUT2D eigenvalue weighted by atomic mass is 16.5. The van der Waals surface area contributed by atoms with Crippen molar-refractivity contribution in [3.63, 3.8) is 0 Å². The smallest absolute Gasteiger partial charge is 0.153 e. The number of carbonyl (C=O) groups is 1. The van der Waals surface area contributed by atoms with Gasteiger partial charge in [-0.05, 0) is 41.5 Å². The number of rotatable bonds is 2. The molecule has 1 aromatic carbocycles. The first-order valence-electron chi connectivity index (χ1n) is 5.25. The molecule has 2 heteroatoms. The monoisotopic (exact) mass is 204 g/mol. The molecule has 15 heavy (non-hydrogen) atoms. The molecular weight excluding hydrogens is 188 g/mol. The molecule has 0 saturated carbocycles. The summed E-state index contributed by atoms with van der Waals surface area (Å²) in [6.45, 7) is 4.44. The number of hydrogen-bond acceptors (Lipinski definition) is 2. The standard InChI is InChI=1S/C13H16O2/c1-13(2)5-4-9-7-12(15-3)10(8-14)6-11(9)13/h6-8H,4-5H2,1-3H3. The van der Waals surface area contributed by atoms with E-state index in [0.717, 1.165) is 19.1 Å². The lowest BCUT2D eigenvalue weighted by atomic mass is 9.86. The molecule has 1 aromatic rings. The van der Waals surface area contributed by atoms with Crippen molar-refractivity contribution in [1.29, 1.82) is 0 Å². The van der Waals surface area contributed by atoms with Crippen LogP contribution in [0.1, 0.15) is 41.8 Å². The Balaban J connectivity index is 2.59. The highest BCUT2D eigenvalue weighted by Crippen LogP contribution is 2.40. The minimum atomic E-state index is 0.194. The molecule has 0 spiro atoms. The summed E-state index contributed by atoms with van der Waals surface area (Å²) in [5.74, 6) is 0.696. The van der Waals surface area contributed by atoms with Gasteiger partial charge in [-0.3, -0.25) is 4.79 Å². The van der Waals surface area contributed by atoms with E-state index in [9.17, 15) is 4.79 Å². The fourth-order valence-electron chi connectivity index (χ4n) is 2.33. The third-order valence-electron chi connectivity index (χ3n) is 3.33. The maximum Gasteiger partial charge on any atom is 0.153 e. The Morgan fingerprint density at radius 1 is 1.40 bits per heavy atom. The highest BCUT2D eigenvalue weighted by molar-refractivity contribution is 5.80. The van der Waals surface area contributed by atoms with Crippen LogP contribution < -0.4 is 4.74 Å². The van der Waals surface area contributed by atoms with Crippen LogP contribution in [0.5, 0.6) is 5.75 Å². The van der Waals surface area contributed by atoms with Crippen LogP contribution in [-0.2, 0) is 11.8 Å². The fourth-order valence-corrected chi connectivity index (χ4v) is 2.33. The first kappa shape index (κ1) is 10.2. The molecule has 80 valence electrons. The lowest BCUT2D eigenvalue weighted by Crippen LogP contribution is -2.12. The van der Waals surface area contributed by atoms with Crippen LogP contribution in [0.25, 0.3) is 0 Å². The van der Waals surface area contributed by atoms with Crippen LogP contribution in [0.4, 0.5) is 0 Å². The summed E-state index contributed by atoms with van der Waals surface area (Å²) in [7, 11) is 1.61. The van der Waals surface area contributed by atoms with E-state index < -0.39 is 0 Å². The molecule has 0 aliphatic heterocycles. The van der Waals surface area contributed by atoms with Crippen molar-refractivity contribution in [2.75, 3.05) is 7.11 Å². The van der Waals surface area contributed by atoms with E-state index in [1.54, 1.807) is 7.11 Å². The predicted octanol–water partition coefficient (Wildman–Crippen LogP) is 2.73. The minimum Gasteiger partial charge on any atom is -0.496 e. The molecule has 0 atom stereocenters. The van der Waals surface area contributed by atoms with E-state index in [2.05, 4.69) is 13.8 Å².